The Hall–Kier alpha value is -0.910. The van der Waals surface area contributed by atoms with Crippen LogP contribution in [0.15, 0.2) is 18.2 Å². The normalized spacial score (nSPS) is 20.8. The van der Waals surface area contributed by atoms with E-state index >= 15 is 0 Å². The molecule has 1 aromatic rings. The van der Waals surface area contributed by atoms with Crippen LogP contribution < -0.4 is 10.1 Å². The average molecular weight is 291 g/mol. The summed E-state index contributed by atoms with van der Waals surface area (Å²) in [4.78, 5) is 2.22. The molecule has 0 amide bonds. The van der Waals surface area contributed by atoms with Gasteiger partial charge in [0.15, 0.2) is 0 Å². The van der Waals surface area contributed by atoms with Crippen molar-refractivity contribution in [1.29, 1.82) is 0 Å². The Morgan fingerprint density at radius 1 is 1.53 bits per heavy atom. The molecule has 1 heterocycles. The van der Waals surface area contributed by atoms with Gasteiger partial charge in [0.2, 0.25) is 0 Å². The van der Waals surface area contributed by atoms with E-state index in [2.05, 4.69) is 21.9 Å². The molecule has 106 valence electrons. The summed E-state index contributed by atoms with van der Waals surface area (Å²) in [6, 6.07) is 5.10. The first-order chi connectivity index (χ1) is 9.06. The lowest BCUT2D eigenvalue weighted by molar-refractivity contribution is -0.0509. The second-order valence-corrected chi connectivity index (χ2v) is 5.09. The fourth-order valence-corrected chi connectivity index (χ4v) is 2.41. The van der Waals surface area contributed by atoms with Crippen LogP contribution in [-0.4, -0.2) is 37.2 Å². The Labute approximate surface area is 116 Å². The molecular formula is C13H17ClF2N2O. The zero-order valence-electron chi connectivity index (χ0n) is 10.7. The lowest BCUT2D eigenvalue weighted by Crippen LogP contribution is -2.49. The summed E-state index contributed by atoms with van der Waals surface area (Å²) < 4.78 is 29.3. The van der Waals surface area contributed by atoms with Gasteiger partial charge in [-0.05, 0) is 25.1 Å². The van der Waals surface area contributed by atoms with Gasteiger partial charge in [0, 0.05) is 42.8 Å². The SMILES string of the molecule is C[C@H]1CNCCN1Cc1cc(Cl)ccc1OC(F)F. The maximum absolute atomic E-state index is 12.4. The lowest BCUT2D eigenvalue weighted by atomic mass is 10.1. The Bertz CT molecular complexity index is 431. The van der Waals surface area contributed by atoms with Crippen molar-refractivity contribution in [2.24, 2.45) is 0 Å². The first-order valence-corrected chi connectivity index (χ1v) is 6.62. The zero-order valence-corrected chi connectivity index (χ0v) is 11.5. The van der Waals surface area contributed by atoms with Crippen LogP contribution in [0.1, 0.15) is 12.5 Å². The minimum atomic E-state index is -2.82. The van der Waals surface area contributed by atoms with Gasteiger partial charge in [-0.15, -0.1) is 0 Å². The van der Waals surface area contributed by atoms with E-state index < -0.39 is 6.61 Å². The van der Waals surface area contributed by atoms with E-state index in [9.17, 15) is 8.78 Å². The second-order valence-electron chi connectivity index (χ2n) is 4.65. The number of halogens is 3. The fourth-order valence-electron chi connectivity index (χ4n) is 2.22. The largest absolute Gasteiger partial charge is 0.434 e. The van der Waals surface area contributed by atoms with E-state index in [1.165, 1.54) is 6.07 Å². The monoisotopic (exact) mass is 290 g/mol. The van der Waals surface area contributed by atoms with Gasteiger partial charge >= 0.3 is 6.61 Å². The molecular weight excluding hydrogens is 274 g/mol. The third kappa shape index (κ3) is 4.03. The summed E-state index contributed by atoms with van der Waals surface area (Å²) in [6.45, 7) is 2.51. The predicted molar refractivity (Wildman–Crippen MR) is 70.8 cm³/mol. The van der Waals surface area contributed by atoms with Crippen molar-refractivity contribution < 1.29 is 13.5 Å². The minimum absolute atomic E-state index is 0.199. The maximum atomic E-state index is 12.4. The third-order valence-electron chi connectivity index (χ3n) is 3.25. The molecule has 1 N–H and O–H groups in total. The minimum Gasteiger partial charge on any atom is -0.434 e. The van der Waals surface area contributed by atoms with E-state index in [1.54, 1.807) is 12.1 Å². The smallest absolute Gasteiger partial charge is 0.387 e. The van der Waals surface area contributed by atoms with Crippen LogP contribution in [0, 0.1) is 0 Å². The Morgan fingerprint density at radius 2 is 2.32 bits per heavy atom. The highest BCUT2D eigenvalue weighted by Crippen LogP contribution is 2.26. The van der Waals surface area contributed by atoms with E-state index in [1.807, 2.05) is 0 Å². The highest BCUT2D eigenvalue weighted by Gasteiger charge is 2.20. The van der Waals surface area contributed by atoms with Crippen molar-refractivity contribution in [3.05, 3.63) is 28.8 Å². The van der Waals surface area contributed by atoms with Gasteiger partial charge in [-0.2, -0.15) is 8.78 Å². The van der Waals surface area contributed by atoms with Crippen LogP contribution in [0.2, 0.25) is 5.02 Å². The van der Waals surface area contributed by atoms with Gasteiger partial charge in [0.25, 0.3) is 0 Å². The molecule has 19 heavy (non-hydrogen) atoms. The van der Waals surface area contributed by atoms with Crippen LogP contribution in [0.5, 0.6) is 5.75 Å². The Balaban J connectivity index is 2.15. The summed E-state index contributed by atoms with van der Waals surface area (Å²) >= 11 is 5.93. The van der Waals surface area contributed by atoms with Crippen molar-refractivity contribution in [3.8, 4) is 5.75 Å². The zero-order chi connectivity index (χ0) is 13.8. The van der Waals surface area contributed by atoms with Crippen molar-refractivity contribution in [2.45, 2.75) is 26.1 Å². The molecule has 0 unspecified atom stereocenters. The highest BCUT2D eigenvalue weighted by molar-refractivity contribution is 6.30. The van der Waals surface area contributed by atoms with Gasteiger partial charge in [0.05, 0.1) is 0 Å². The van der Waals surface area contributed by atoms with Gasteiger partial charge in [-0.1, -0.05) is 11.6 Å². The number of rotatable bonds is 4. The molecule has 1 aliphatic heterocycles. The van der Waals surface area contributed by atoms with Crippen LogP contribution in [0.4, 0.5) is 8.78 Å². The molecule has 1 atom stereocenters. The predicted octanol–water partition coefficient (Wildman–Crippen LogP) is 2.74. The number of nitrogens with zero attached hydrogens (tertiary/aromatic N) is 1. The van der Waals surface area contributed by atoms with Gasteiger partial charge in [-0.25, -0.2) is 0 Å². The fraction of sp³-hybridized carbons (Fsp3) is 0.538. The van der Waals surface area contributed by atoms with Gasteiger partial charge in [0.1, 0.15) is 5.75 Å². The molecule has 1 aliphatic rings. The van der Waals surface area contributed by atoms with Crippen LogP contribution in [0.25, 0.3) is 0 Å². The molecule has 1 saturated heterocycles. The van der Waals surface area contributed by atoms with Gasteiger partial charge < -0.3 is 10.1 Å². The standard InChI is InChI=1S/C13H17ClF2N2O/c1-9-7-17-4-5-18(9)8-10-6-11(14)2-3-12(10)19-13(15)16/h2-3,6,9,13,17H,4-5,7-8H2,1H3/t9-/m0/s1. The summed E-state index contributed by atoms with van der Waals surface area (Å²) in [5, 5.41) is 3.82. The number of alkyl halides is 2. The summed E-state index contributed by atoms with van der Waals surface area (Å²) in [5.41, 5.74) is 0.696. The van der Waals surface area contributed by atoms with Crippen LogP contribution in [0.3, 0.4) is 0 Å². The van der Waals surface area contributed by atoms with Gasteiger partial charge in [-0.3, -0.25) is 4.90 Å². The van der Waals surface area contributed by atoms with Crippen LogP contribution >= 0.6 is 11.6 Å². The quantitative estimate of drug-likeness (QED) is 0.923. The van der Waals surface area contributed by atoms with Crippen molar-refractivity contribution in [2.75, 3.05) is 19.6 Å². The number of benzene rings is 1. The molecule has 1 fully saturated rings. The summed E-state index contributed by atoms with van der Waals surface area (Å²) in [5.74, 6) is 0.199. The number of hydrogen-bond acceptors (Lipinski definition) is 3. The van der Waals surface area contributed by atoms with Crippen molar-refractivity contribution in [1.82, 2.24) is 10.2 Å². The number of nitrogens with one attached hydrogen (secondary N) is 1. The Kier molecular flexibility index (Phi) is 4.96. The third-order valence-corrected chi connectivity index (χ3v) is 3.49. The molecule has 6 heteroatoms. The molecule has 0 radical (unpaired) electrons. The highest BCUT2D eigenvalue weighted by atomic mass is 35.5. The van der Waals surface area contributed by atoms with E-state index in [-0.39, 0.29) is 5.75 Å². The first kappa shape index (κ1) is 14.5. The van der Waals surface area contributed by atoms with Crippen LogP contribution in [-0.2, 0) is 6.54 Å². The molecule has 0 saturated carbocycles. The first-order valence-electron chi connectivity index (χ1n) is 6.24. The number of hydrogen-bond donors (Lipinski definition) is 1. The van der Waals surface area contributed by atoms with Crippen molar-refractivity contribution in [3.63, 3.8) is 0 Å². The molecule has 2 rings (SSSR count). The number of ether oxygens (including phenoxy) is 1. The van der Waals surface area contributed by atoms with Crippen molar-refractivity contribution >= 4 is 11.6 Å². The Morgan fingerprint density at radius 3 is 3.00 bits per heavy atom. The molecule has 0 spiro atoms. The maximum Gasteiger partial charge on any atom is 0.387 e. The van der Waals surface area contributed by atoms with E-state index in [4.69, 9.17) is 11.6 Å². The molecule has 0 aliphatic carbocycles. The lowest BCUT2D eigenvalue weighted by Gasteiger charge is -2.34. The second kappa shape index (κ2) is 6.50. The average Bonchev–Trinajstić information content (AvgIpc) is 2.35. The molecule has 0 aromatic heterocycles. The molecule has 0 bridgehead atoms. The summed E-state index contributed by atoms with van der Waals surface area (Å²) in [6.07, 6.45) is 0. The van der Waals surface area contributed by atoms with E-state index in [0.717, 1.165) is 19.6 Å². The topological polar surface area (TPSA) is 24.5 Å². The number of piperazine rings is 1. The molecule has 1 aromatic carbocycles. The summed E-state index contributed by atoms with van der Waals surface area (Å²) in [7, 11) is 0. The van der Waals surface area contributed by atoms with E-state index in [0.29, 0.717) is 23.2 Å². The molecule has 3 nitrogen and oxygen atoms in total.